The summed E-state index contributed by atoms with van der Waals surface area (Å²) < 4.78 is 11.5. The zero-order valence-electron chi connectivity index (χ0n) is 14.2. The van der Waals surface area contributed by atoms with Crippen molar-refractivity contribution in [3.05, 3.63) is 48.0 Å². The average Bonchev–Trinajstić information content (AvgIpc) is 3.03. The lowest BCUT2D eigenvalue weighted by Gasteiger charge is -2.08. The molecule has 0 saturated carbocycles. The summed E-state index contributed by atoms with van der Waals surface area (Å²) in [6.07, 6.45) is 0. The van der Waals surface area contributed by atoms with Gasteiger partial charge in [-0.2, -0.15) is 0 Å². The van der Waals surface area contributed by atoms with Crippen LogP contribution < -0.4 is 20.1 Å². The van der Waals surface area contributed by atoms with Gasteiger partial charge in [0.05, 0.1) is 23.9 Å². The van der Waals surface area contributed by atoms with Gasteiger partial charge < -0.3 is 14.8 Å². The summed E-state index contributed by atoms with van der Waals surface area (Å²) in [5.74, 6) is 1.18. The second-order valence-corrected chi connectivity index (χ2v) is 6.66. The second kappa shape index (κ2) is 8.11. The number of anilines is 1. The van der Waals surface area contributed by atoms with Crippen LogP contribution >= 0.6 is 23.6 Å². The number of benzene rings is 2. The molecule has 26 heavy (non-hydrogen) atoms. The first kappa shape index (κ1) is 18.1. The molecule has 2 aromatic carbocycles. The maximum Gasteiger partial charge on any atom is 0.257 e. The van der Waals surface area contributed by atoms with E-state index in [0.717, 1.165) is 21.7 Å². The Hall–Kier alpha value is -2.71. The summed E-state index contributed by atoms with van der Waals surface area (Å²) in [5.41, 5.74) is 1.32. The Morgan fingerprint density at radius 2 is 1.92 bits per heavy atom. The number of hydrogen-bond acceptors (Lipinski definition) is 6. The van der Waals surface area contributed by atoms with E-state index in [0.29, 0.717) is 17.3 Å². The van der Waals surface area contributed by atoms with Gasteiger partial charge in [-0.25, -0.2) is 4.98 Å². The van der Waals surface area contributed by atoms with Gasteiger partial charge >= 0.3 is 0 Å². The van der Waals surface area contributed by atoms with E-state index in [4.69, 9.17) is 21.7 Å². The van der Waals surface area contributed by atoms with E-state index in [1.165, 1.54) is 11.3 Å². The van der Waals surface area contributed by atoms with Gasteiger partial charge in [0.1, 0.15) is 11.5 Å². The van der Waals surface area contributed by atoms with Crippen LogP contribution in [0.25, 0.3) is 10.2 Å². The minimum Gasteiger partial charge on any atom is -0.497 e. The maximum absolute atomic E-state index is 12.3. The predicted octanol–water partition coefficient (Wildman–Crippen LogP) is 3.83. The molecule has 0 aliphatic rings. The molecule has 3 rings (SSSR count). The third-order valence-corrected chi connectivity index (χ3v) is 4.61. The van der Waals surface area contributed by atoms with Crippen molar-refractivity contribution in [2.24, 2.45) is 0 Å². The van der Waals surface area contributed by atoms with Gasteiger partial charge in [0.2, 0.25) is 0 Å². The molecule has 1 aromatic heterocycles. The molecule has 0 atom stereocenters. The number of rotatable bonds is 5. The maximum atomic E-state index is 12.3. The summed E-state index contributed by atoms with van der Waals surface area (Å²) in [5, 5.41) is 6.38. The molecular formula is C18H17N3O3S2. The van der Waals surface area contributed by atoms with Crippen LogP contribution in [0.1, 0.15) is 17.3 Å². The minimum atomic E-state index is -0.298. The lowest BCUT2D eigenvalue weighted by atomic mass is 10.2. The van der Waals surface area contributed by atoms with Gasteiger partial charge in [-0.3, -0.25) is 10.1 Å². The Labute approximate surface area is 160 Å². The van der Waals surface area contributed by atoms with E-state index in [2.05, 4.69) is 15.6 Å². The highest BCUT2D eigenvalue weighted by Crippen LogP contribution is 2.29. The van der Waals surface area contributed by atoms with Crippen LogP contribution in [0.2, 0.25) is 0 Å². The number of carbonyl (C=O) groups excluding carboxylic acids is 1. The highest BCUT2D eigenvalue weighted by molar-refractivity contribution is 7.80. The van der Waals surface area contributed by atoms with Crippen molar-refractivity contribution >= 4 is 49.9 Å². The molecule has 1 amide bonds. The number of aromatic nitrogens is 1. The largest absolute Gasteiger partial charge is 0.497 e. The molecule has 0 unspecified atom stereocenters. The van der Waals surface area contributed by atoms with Crippen molar-refractivity contribution in [2.45, 2.75) is 6.92 Å². The molecule has 0 saturated heterocycles. The monoisotopic (exact) mass is 387 g/mol. The zero-order chi connectivity index (χ0) is 18.5. The van der Waals surface area contributed by atoms with Crippen LogP contribution in [0.3, 0.4) is 0 Å². The molecule has 0 fully saturated rings. The molecule has 6 nitrogen and oxygen atoms in total. The number of thiazole rings is 1. The van der Waals surface area contributed by atoms with Crippen molar-refractivity contribution in [3.8, 4) is 11.5 Å². The average molecular weight is 387 g/mol. The fourth-order valence-electron chi connectivity index (χ4n) is 2.26. The van der Waals surface area contributed by atoms with E-state index in [1.54, 1.807) is 31.4 Å². The van der Waals surface area contributed by atoms with E-state index >= 15 is 0 Å². The van der Waals surface area contributed by atoms with Crippen molar-refractivity contribution in [3.63, 3.8) is 0 Å². The third-order valence-electron chi connectivity index (χ3n) is 3.47. The fourth-order valence-corrected chi connectivity index (χ4v) is 3.41. The van der Waals surface area contributed by atoms with Gasteiger partial charge in [0, 0.05) is 5.56 Å². The molecule has 0 radical (unpaired) electrons. The summed E-state index contributed by atoms with van der Waals surface area (Å²) in [7, 11) is 1.62. The van der Waals surface area contributed by atoms with Gasteiger partial charge in [-0.1, -0.05) is 11.3 Å². The molecule has 2 N–H and O–H groups in total. The number of carbonyl (C=O) groups is 1. The number of hydrogen-bond donors (Lipinski definition) is 2. The molecular weight excluding hydrogens is 370 g/mol. The lowest BCUT2D eigenvalue weighted by molar-refractivity contribution is 0.0977. The van der Waals surface area contributed by atoms with Crippen LogP contribution in [0.5, 0.6) is 11.5 Å². The van der Waals surface area contributed by atoms with E-state index in [1.807, 2.05) is 25.1 Å². The van der Waals surface area contributed by atoms with Crippen molar-refractivity contribution < 1.29 is 14.3 Å². The van der Waals surface area contributed by atoms with Crippen molar-refractivity contribution in [2.75, 3.05) is 19.0 Å². The normalized spacial score (nSPS) is 10.4. The minimum absolute atomic E-state index is 0.190. The smallest absolute Gasteiger partial charge is 0.257 e. The summed E-state index contributed by atoms with van der Waals surface area (Å²) in [6, 6.07) is 12.5. The third kappa shape index (κ3) is 4.27. The Bertz CT molecular complexity index is 939. The van der Waals surface area contributed by atoms with Gasteiger partial charge in [0.25, 0.3) is 5.91 Å². The zero-order valence-corrected chi connectivity index (χ0v) is 15.9. The first-order valence-corrected chi connectivity index (χ1v) is 9.11. The predicted molar refractivity (Wildman–Crippen MR) is 107 cm³/mol. The second-order valence-electron chi connectivity index (χ2n) is 5.22. The van der Waals surface area contributed by atoms with Crippen LogP contribution in [-0.2, 0) is 0 Å². The topological polar surface area (TPSA) is 72.5 Å². The van der Waals surface area contributed by atoms with Gasteiger partial charge in [-0.05, 0) is 61.6 Å². The Kier molecular flexibility index (Phi) is 5.65. The van der Waals surface area contributed by atoms with E-state index in [-0.39, 0.29) is 11.0 Å². The molecule has 8 heteroatoms. The van der Waals surface area contributed by atoms with Crippen LogP contribution in [0.15, 0.2) is 42.5 Å². The van der Waals surface area contributed by atoms with Crippen LogP contribution in [0.4, 0.5) is 5.13 Å². The van der Waals surface area contributed by atoms with Crippen molar-refractivity contribution in [1.29, 1.82) is 0 Å². The van der Waals surface area contributed by atoms with Gasteiger partial charge in [0.15, 0.2) is 10.2 Å². The van der Waals surface area contributed by atoms with Crippen molar-refractivity contribution in [1.82, 2.24) is 10.3 Å². The molecule has 0 bridgehead atoms. The summed E-state index contributed by atoms with van der Waals surface area (Å²) in [4.78, 5) is 16.7. The highest BCUT2D eigenvalue weighted by atomic mass is 32.1. The van der Waals surface area contributed by atoms with Crippen LogP contribution in [0, 0.1) is 0 Å². The lowest BCUT2D eigenvalue weighted by Crippen LogP contribution is -2.34. The van der Waals surface area contributed by atoms with E-state index in [9.17, 15) is 4.79 Å². The first-order valence-electron chi connectivity index (χ1n) is 7.89. The quantitative estimate of drug-likeness (QED) is 0.648. The Morgan fingerprint density at radius 1 is 1.19 bits per heavy atom. The molecule has 3 aromatic rings. The number of methoxy groups -OCH3 is 1. The molecule has 134 valence electrons. The Balaban J connectivity index is 1.63. The number of amides is 1. The van der Waals surface area contributed by atoms with E-state index < -0.39 is 0 Å². The van der Waals surface area contributed by atoms with Crippen LogP contribution in [-0.4, -0.2) is 29.7 Å². The summed E-state index contributed by atoms with van der Waals surface area (Å²) >= 11 is 6.64. The Morgan fingerprint density at radius 3 is 2.62 bits per heavy atom. The molecule has 0 aliphatic carbocycles. The number of ether oxygens (including phenoxy) is 2. The number of fused-ring (bicyclic) bond motifs is 1. The SMILES string of the molecule is CCOc1ccc(C(=O)NC(=S)Nc2nc3ccc(OC)cc3s2)cc1. The highest BCUT2D eigenvalue weighted by Gasteiger charge is 2.11. The van der Waals surface area contributed by atoms with Gasteiger partial charge in [-0.15, -0.1) is 0 Å². The molecule has 0 spiro atoms. The summed E-state index contributed by atoms with van der Waals surface area (Å²) in [6.45, 7) is 2.48. The number of nitrogens with zero attached hydrogens (tertiary/aromatic N) is 1. The fraction of sp³-hybridized carbons (Fsp3) is 0.167. The number of thiocarbonyl (C=S) groups is 1. The molecule has 1 heterocycles. The standard InChI is InChI=1S/C18H17N3O3S2/c1-3-24-12-6-4-11(5-7-12)16(22)20-17(25)21-18-19-14-9-8-13(23-2)10-15(14)26-18/h4-10H,3H2,1-2H3,(H2,19,20,21,22,25). The number of nitrogens with one attached hydrogen (secondary N) is 2. The first-order chi connectivity index (χ1) is 12.6. The molecule has 0 aliphatic heterocycles.